The van der Waals surface area contributed by atoms with Gasteiger partial charge in [0, 0.05) is 36.8 Å². The molecule has 0 N–H and O–H groups in total. The van der Waals surface area contributed by atoms with E-state index in [4.69, 9.17) is 0 Å². The minimum atomic E-state index is -2.02. The normalized spacial score (nSPS) is 21.0. The zero-order valence-electron chi connectivity index (χ0n) is 24.1. The summed E-state index contributed by atoms with van der Waals surface area (Å²) in [6.45, 7) is 7.56. The highest BCUT2D eigenvalue weighted by molar-refractivity contribution is 7.25. The van der Waals surface area contributed by atoms with Crippen LogP contribution < -0.4 is 15.3 Å². The summed E-state index contributed by atoms with van der Waals surface area (Å²) in [5.41, 5.74) is 9.62. The standard InChI is InChI=1S/C39H31NSSi/c1-39-22-12-11-19-35(39)40(26-13-5-4-6-14-26)37-31(39)24-29(38-36(37)28-16-8-10-18-34(28)42(38,2)3)25-20-21-33-30(23-25)27-15-7-9-17-32(27)41-33/h4-24,35H,1-3H3. The summed E-state index contributed by atoms with van der Waals surface area (Å²) in [6, 6.07) is 39.2. The van der Waals surface area contributed by atoms with Crippen LogP contribution in [0.1, 0.15) is 12.5 Å². The first-order chi connectivity index (χ1) is 20.5. The summed E-state index contributed by atoms with van der Waals surface area (Å²) in [4.78, 5) is 2.64. The second-order valence-electron chi connectivity index (χ2n) is 12.7. The second-order valence-corrected chi connectivity index (χ2v) is 18.1. The third-order valence-corrected chi connectivity index (χ3v) is 14.8. The lowest BCUT2D eigenvalue weighted by Gasteiger charge is -2.34. The number of anilines is 2. The molecule has 42 heavy (non-hydrogen) atoms. The molecule has 3 heterocycles. The van der Waals surface area contributed by atoms with Gasteiger partial charge in [-0.1, -0.05) is 104 Å². The van der Waals surface area contributed by atoms with Gasteiger partial charge < -0.3 is 4.90 Å². The lowest BCUT2D eigenvalue weighted by atomic mass is 9.75. The summed E-state index contributed by atoms with van der Waals surface area (Å²) in [6.07, 6.45) is 9.33. The van der Waals surface area contributed by atoms with E-state index >= 15 is 0 Å². The Labute approximate surface area is 252 Å². The van der Waals surface area contributed by atoms with Gasteiger partial charge in [0.1, 0.15) is 8.07 Å². The van der Waals surface area contributed by atoms with Crippen molar-refractivity contribution in [2.75, 3.05) is 4.90 Å². The predicted molar refractivity (Wildman–Crippen MR) is 185 cm³/mol. The smallest absolute Gasteiger partial charge is 0.114 e. The van der Waals surface area contributed by atoms with E-state index in [2.05, 4.69) is 152 Å². The van der Waals surface area contributed by atoms with Crippen molar-refractivity contribution in [3.05, 3.63) is 133 Å². The van der Waals surface area contributed by atoms with Crippen LogP contribution in [0.25, 0.3) is 42.4 Å². The van der Waals surface area contributed by atoms with Gasteiger partial charge in [-0.15, -0.1) is 11.3 Å². The van der Waals surface area contributed by atoms with Gasteiger partial charge in [0.05, 0.1) is 11.7 Å². The third-order valence-electron chi connectivity index (χ3n) is 10.1. The van der Waals surface area contributed by atoms with Crippen molar-refractivity contribution in [3.8, 4) is 22.3 Å². The van der Waals surface area contributed by atoms with Crippen molar-refractivity contribution in [2.24, 2.45) is 0 Å². The predicted octanol–water partition coefficient (Wildman–Crippen LogP) is 9.43. The van der Waals surface area contributed by atoms with Crippen LogP contribution in [0, 0.1) is 0 Å². The summed E-state index contributed by atoms with van der Waals surface area (Å²) >= 11 is 1.90. The maximum Gasteiger partial charge on any atom is 0.114 e. The lowest BCUT2D eigenvalue weighted by molar-refractivity contribution is 0.551. The molecule has 2 unspecified atom stereocenters. The molecule has 202 valence electrons. The Kier molecular flexibility index (Phi) is 4.91. The molecule has 2 aliphatic heterocycles. The maximum absolute atomic E-state index is 2.64. The number of benzene rings is 5. The lowest BCUT2D eigenvalue weighted by Crippen LogP contribution is -2.50. The molecule has 3 aliphatic rings. The Bertz CT molecular complexity index is 2150. The van der Waals surface area contributed by atoms with Crippen molar-refractivity contribution in [1.82, 2.24) is 0 Å². The Morgan fingerprint density at radius 1 is 0.738 bits per heavy atom. The molecule has 1 aromatic heterocycles. The van der Waals surface area contributed by atoms with Crippen LogP contribution >= 0.6 is 11.3 Å². The van der Waals surface area contributed by atoms with E-state index in [0.29, 0.717) is 0 Å². The molecule has 2 atom stereocenters. The van der Waals surface area contributed by atoms with Crippen molar-refractivity contribution < 1.29 is 0 Å². The van der Waals surface area contributed by atoms with Gasteiger partial charge in [-0.05, 0) is 75.9 Å². The molecule has 1 aliphatic carbocycles. The summed E-state index contributed by atoms with van der Waals surface area (Å²) in [7, 11) is -2.02. The molecule has 0 saturated heterocycles. The Morgan fingerprint density at radius 3 is 2.38 bits per heavy atom. The first-order valence-corrected chi connectivity index (χ1v) is 18.7. The number of fused-ring (bicyclic) bond motifs is 10. The van der Waals surface area contributed by atoms with Crippen molar-refractivity contribution in [2.45, 2.75) is 31.5 Å². The summed E-state index contributed by atoms with van der Waals surface area (Å²) < 4.78 is 2.72. The van der Waals surface area contributed by atoms with E-state index in [-0.39, 0.29) is 11.5 Å². The van der Waals surface area contributed by atoms with Crippen LogP contribution in [-0.2, 0) is 5.41 Å². The molecule has 0 spiro atoms. The number of hydrogen-bond acceptors (Lipinski definition) is 2. The highest BCUT2D eigenvalue weighted by Gasteiger charge is 2.51. The fourth-order valence-corrected chi connectivity index (χ4v) is 12.6. The number of thiophene rings is 1. The van der Waals surface area contributed by atoms with E-state index in [1.165, 1.54) is 59.4 Å². The third kappa shape index (κ3) is 3.08. The van der Waals surface area contributed by atoms with Crippen LogP contribution in [0.2, 0.25) is 13.1 Å². The highest BCUT2D eigenvalue weighted by atomic mass is 32.1. The number of hydrogen-bond donors (Lipinski definition) is 0. The average Bonchev–Trinajstić information content (AvgIpc) is 3.60. The first kappa shape index (κ1) is 24.4. The van der Waals surface area contributed by atoms with Crippen LogP contribution in [0.4, 0.5) is 11.4 Å². The summed E-state index contributed by atoms with van der Waals surface area (Å²) in [5, 5.41) is 5.86. The molecule has 1 nitrogen and oxygen atoms in total. The minimum absolute atomic E-state index is 0.133. The van der Waals surface area contributed by atoms with Crippen LogP contribution in [0.3, 0.4) is 0 Å². The Hall–Kier alpha value is -4.18. The molecule has 5 aromatic carbocycles. The van der Waals surface area contributed by atoms with Crippen molar-refractivity contribution in [1.29, 1.82) is 0 Å². The average molecular weight is 574 g/mol. The van der Waals surface area contributed by atoms with E-state index in [1.807, 2.05) is 11.3 Å². The van der Waals surface area contributed by atoms with E-state index < -0.39 is 8.07 Å². The minimum Gasteiger partial charge on any atom is -0.333 e. The zero-order valence-corrected chi connectivity index (χ0v) is 25.9. The zero-order chi connectivity index (χ0) is 28.2. The second kappa shape index (κ2) is 8.44. The quantitative estimate of drug-likeness (QED) is 0.187. The van der Waals surface area contributed by atoms with Crippen molar-refractivity contribution >= 4 is 61.3 Å². The topological polar surface area (TPSA) is 3.24 Å². The largest absolute Gasteiger partial charge is 0.333 e. The van der Waals surface area contributed by atoms with Gasteiger partial charge in [-0.25, -0.2) is 0 Å². The Balaban J connectivity index is 1.42. The van der Waals surface area contributed by atoms with Crippen LogP contribution in [0.15, 0.2) is 127 Å². The molecular formula is C39H31NSSi. The fraction of sp³-hybridized carbons (Fsp3) is 0.128. The molecule has 0 fully saturated rings. The monoisotopic (exact) mass is 573 g/mol. The van der Waals surface area contributed by atoms with E-state index in [9.17, 15) is 0 Å². The molecule has 3 heteroatoms. The fourth-order valence-electron chi connectivity index (χ4n) is 8.09. The Morgan fingerprint density at radius 2 is 1.50 bits per heavy atom. The van der Waals surface area contributed by atoms with Gasteiger partial charge in [0.15, 0.2) is 0 Å². The summed E-state index contributed by atoms with van der Waals surface area (Å²) in [5.74, 6) is 0. The molecule has 0 radical (unpaired) electrons. The number of allylic oxidation sites excluding steroid dienone is 2. The molecule has 0 saturated carbocycles. The van der Waals surface area contributed by atoms with E-state index in [1.54, 1.807) is 10.4 Å². The van der Waals surface area contributed by atoms with E-state index in [0.717, 1.165) is 0 Å². The first-order valence-electron chi connectivity index (χ1n) is 14.9. The number of nitrogens with zero attached hydrogens (tertiary/aromatic N) is 1. The molecule has 0 bridgehead atoms. The van der Waals surface area contributed by atoms with Gasteiger partial charge in [0.25, 0.3) is 0 Å². The van der Waals surface area contributed by atoms with Gasteiger partial charge in [0.2, 0.25) is 0 Å². The van der Waals surface area contributed by atoms with Gasteiger partial charge in [-0.3, -0.25) is 0 Å². The SMILES string of the molecule is CC12C=CC=CC1N(c1ccccc1)c1c2cc(-c2ccc3sc4ccccc4c3c2)c2c1-c1ccccc1[Si]2(C)C. The molecule has 6 aromatic rings. The highest BCUT2D eigenvalue weighted by Crippen LogP contribution is 2.56. The maximum atomic E-state index is 2.64. The number of para-hydroxylation sites is 1. The van der Waals surface area contributed by atoms with Gasteiger partial charge in [-0.2, -0.15) is 0 Å². The molecule has 0 amide bonds. The molecule has 9 rings (SSSR count). The van der Waals surface area contributed by atoms with Crippen LogP contribution in [-0.4, -0.2) is 14.1 Å². The molecular weight excluding hydrogens is 543 g/mol. The number of rotatable bonds is 2. The van der Waals surface area contributed by atoms with Crippen molar-refractivity contribution in [3.63, 3.8) is 0 Å². The van der Waals surface area contributed by atoms with Gasteiger partial charge >= 0.3 is 0 Å². The van der Waals surface area contributed by atoms with Crippen LogP contribution in [0.5, 0.6) is 0 Å².